The van der Waals surface area contributed by atoms with Crippen molar-refractivity contribution in [2.75, 3.05) is 5.32 Å². The number of hydrogen-bond donors (Lipinski definition) is 1. The van der Waals surface area contributed by atoms with Crippen molar-refractivity contribution >= 4 is 17.6 Å². The fourth-order valence-electron chi connectivity index (χ4n) is 3.65. The van der Waals surface area contributed by atoms with Crippen LogP contribution in [0, 0.1) is 13.8 Å². The van der Waals surface area contributed by atoms with Gasteiger partial charge in [-0.05, 0) is 63.6 Å². The van der Waals surface area contributed by atoms with Crippen LogP contribution in [0.2, 0.25) is 0 Å². The smallest absolute Gasteiger partial charge is 0.340 e. The predicted octanol–water partition coefficient (Wildman–Crippen LogP) is 5.14. The van der Waals surface area contributed by atoms with Crippen molar-refractivity contribution in [1.29, 1.82) is 0 Å². The van der Waals surface area contributed by atoms with Crippen molar-refractivity contribution in [3.8, 4) is 0 Å². The van der Waals surface area contributed by atoms with Gasteiger partial charge in [0, 0.05) is 23.1 Å². The van der Waals surface area contributed by atoms with Crippen molar-refractivity contribution in [3.05, 3.63) is 52.8 Å². The minimum Gasteiger partial charge on any atom is -0.449 e. The monoisotopic (exact) mass is 382 g/mol. The van der Waals surface area contributed by atoms with Gasteiger partial charge in [0.05, 0.1) is 5.56 Å². The van der Waals surface area contributed by atoms with Gasteiger partial charge in [-0.25, -0.2) is 4.79 Å². The van der Waals surface area contributed by atoms with Gasteiger partial charge in [0.2, 0.25) is 0 Å². The molecule has 0 spiro atoms. The van der Waals surface area contributed by atoms with Crippen LogP contribution in [0.5, 0.6) is 0 Å². The topological polar surface area (TPSA) is 60.3 Å². The van der Waals surface area contributed by atoms with E-state index in [1.807, 2.05) is 44.2 Å². The van der Waals surface area contributed by atoms with Crippen LogP contribution in [0.3, 0.4) is 0 Å². The molecule has 1 aliphatic carbocycles. The lowest BCUT2D eigenvalue weighted by molar-refractivity contribution is -0.123. The number of benzene rings is 1. The molecule has 0 bridgehead atoms. The van der Waals surface area contributed by atoms with Crippen LogP contribution >= 0.6 is 0 Å². The molecule has 1 saturated carbocycles. The van der Waals surface area contributed by atoms with Gasteiger partial charge < -0.3 is 14.6 Å². The van der Waals surface area contributed by atoms with E-state index in [1.165, 1.54) is 0 Å². The van der Waals surface area contributed by atoms with E-state index < -0.39 is 12.1 Å². The molecule has 5 heteroatoms. The fourth-order valence-corrected chi connectivity index (χ4v) is 3.65. The maximum absolute atomic E-state index is 12.6. The summed E-state index contributed by atoms with van der Waals surface area (Å²) in [4.78, 5) is 25.3. The Bertz CT molecular complexity index is 880. The largest absolute Gasteiger partial charge is 0.449 e. The van der Waals surface area contributed by atoms with Crippen LogP contribution in [0.25, 0.3) is 0 Å². The van der Waals surface area contributed by atoms with E-state index in [0.29, 0.717) is 17.5 Å². The second kappa shape index (κ2) is 8.21. The van der Waals surface area contributed by atoms with Crippen LogP contribution in [0.4, 0.5) is 5.69 Å². The number of rotatable bonds is 7. The lowest BCUT2D eigenvalue weighted by atomic mass is 9.97. The van der Waals surface area contributed by atoms with Crippen LogP contribution < -0.4 is 5.32 Å². The Hall–Kier alpha value is -2.56. The molecule has 1 aliphatic rings. The number of carbonyl (C=O) groups is 2. The number of para-hydroxylation sites is 1. The normalized spacial score (nSPS) is 15.8. The Kier molecular flexibility index (Phi) is 5.92. The summed E-state index contributed by atoms with van der Waals surface area (Å²) in [6.45, 7) is 9.80. The molecule has 1 fully saturated rings. The highest BCUT2D eigenvalue weighted by Gasteiger charge is 2.29. The summed E-state index contributed by atoms with van der Waals surface area (Å²) in [5, 5.41) is 2.92. The lowest BCUT2D eigenvalue weighted by Crippen LogP contribution is -2.30. The number of esters is 1. The number of anilines is 1. The van der Waals surface area contributed by atoms with Crippen molar-refractivity contribution in [1.82, 2.24) is 4.57 Å². The molecular weight excluding hydrogens is 352 g/mol. The zero-order chi connectivity index (χ0) is 20.4. The van der Waals surface area contributed by atoms with E-state index in [0.717, 1.165) is 41.9 Å². The number of aromatic nitrogens is 1. The van der Waals surface area contributed by atoms with E-state index in [-0.39, 0.29) is 5.91 Å². The summed E-state index contributed by atoms with van der Waals surface area (Å²) >= 11 is 0. The molecule has 2 atom stereocenters. The zero-order valence-corrected chi connectivity index (χ0v) is 17.4. The number of aryl methyl sites for hydroxylation is 1. The third kappa shape index (κ3) is 4.13. The molecule has 1 aromatic carbocycles. The van der Waals surface area contributed by atoms with Crippen molar-refractivity contribution in [2.24, 2.45) is 0 Å². The Morgan fingerprint density at radius 2 is 1.89 bits per heavy atom. The molecule has 1 N–H and O–H groups in total. The minimum absolute atomic E-state index is 0.319. The summed E-state index contributed by atoms with van der Waals surface area (Å²) in [7, 11) is 0. The average Bonchev–Trinajstić information content (AvgIpc) is 3.46. The SMILES string of the molecule is CC[C@@H](C)c1ccccc1NC(=O)[C@@H](C)OC(=O)c1cc(C)n(C2CC2)c1C. The molecule has 5 nitrogen and oxygen atoms in total. The van der Waals surface area contributed by atoms with Gasteiger partial charge in [-0.2, -0.15) is 0 Å². The molecule has 1 amide bonds. The minimum atomic E-state index is -0.874. The fraction of sp³-hybridized carbons (Fsp3) is 0.478. The number of hydrogen-bond acceptors (Lipinski definition) is 3. The Balaban J connectivity index is 1.68. The quantitative estimate of drug-likeness (QED) is 0.675. The van der Waals surface area contributed by atoms with E-state index in [4.69, 9.17) is 4.74 Å². The van der Waals surface area contributed by atoms with E-state index in [1.54, 1.807) is 6.92 Å². The molecular formula is C23H30N2O3. The second-order valence-corrected chi connectivity index (χ2v) is 7.82. The Morgan fingerprint density at radius 1 is 1.21 bits per heavy atom. The molecule has 28 heavy (non-hydrogen) atoms. The van der Waals surface area contributed by atoms with Crippen molar-refractivity contribution in [2.45, 2.75) is 71.9 Å². The molecule has 2 aromatic rings. The van der Waals surface area contributed by atoms with Crippen LogP contribution in [0.15, 0.2) is 30.3 Å². The third-order valence-electron chi connectivity index (χ3n) is 5.63. The van der Waals surface area contributed by atoms with Gasteiger partial charge in [0.15, 0.2) is 6.10 Å². The number of nitrogens with zero attached hydrogens (tertiary/aromatic N) is 1. The van der Waals surface area contributed by atoms with Gasteiger partial charge in [-0.3, -0.25) is 4.79 Å². The van der Waals surface area contributed by atoms with Crippen LogP contribution in [0.1, 0.15) is 79.3 Å². The number of ether oxygens (including phenoxy) is 1. The molecule has 3 rings (SSSR count). The molecule has 0 aliphatic heterocycles. The first-order valence-electron chi connectivity index (χ1n) is 10.1. The summed E-state index contributed by atoms with van der Waals surface area (Å²) in [6, 6.07) is 10.1. The number of carbonyl (C=O) groups excluding carboxylic acids is 2. The summed E-state index contributed by atoms with van der Waals surface area (Å²) in [5.41, 5.74) is 4.39. The van der Waals surface area contributed by atoms with Crippen molar-refractivity contribution in [3.63, 3.8) is 0 Å². The first-order valence-corrected chi connectivity index (χ1v) is 10.1. The van der Waals surface area contributed by atoms with Gasteiger partial charge in [0.1, 0.15) is 0 Å². The lowest BCUT2D eigenvalue weighted by Gasteiger charge is -2.18. The summed E-state index contributed by atoms with van der Waals surface area (Å²) < 4.78 is 7.68. The van der Waals surface area contributed by atoms with Gasteiger partial charge in [0.25, 0.3) is 5.91 Å². The zero-order valence-electron chi connectivity index (χ0n) is 17.4. The first-order chi connectivity index (χ1) is 13.3. The van der Waals surface area contributed by atoms with Crippen LogP contribution in [-0.4, -0.2) is 22.5 Å². The van der Waals surface area contributed by atoms with Gasteiger partial charge in [-0.1, -0.05) is 32.0 Å². The summed E-state index contributed by atoms with van der Waals surface area (Å²) in [5.74, 6) is -0.430. The highest BCUT2D eigenvalue weighted by atomic mass is 16.5. The van der Waals surface area contributed by atoms with E-state index >= 15 is 0 Å². The first kappa shape index (κ1) is 20.2. The Morgan fingerprint density at radius 3 is 2.54 bits per heavy atom. The van der Waals surface area contributed by atoms with Gasteiger partial charge in [-0.15, -0.1) is 0 Å². The number of amides is 1. The third-order valence-corrected chi connectivity index (χ3v) is 5.63. The van der Waals surface area contributed by atoms with E-state index in [9.17, 15) is 9.59 Å². The molecule has 0 saturated heterocycles. The van der Waals surface area contributed by atoms with Crippen molar-refractivity contribution < 1.29 is 14.3 Å². The Labute approximate surface area is 167 Å². The standard InChI is InChI=1S/C23H30N2O3/c1-6-14(2)19-9-7-8-10-21(19)24-22(26)17(5)28-23(27)20-13-15(3)25(16(20)4)18-11-12-18/h7-10,13-14,17-18H,6,11-12H2,1-5H3,(H,24,26)/t14-,17-/m1/s1. The maximum atomic E-state index is 12.6. The molecule has 0 unspecified atom stereocenters. The highest BCUT2D eigenvalue weighted by molar-refractivity contribution is 5.98. The molecule has 0 radical (unpaired) electrons. The van der Waals surface area contributed by atoms with Gasteiger partial charge >= 0.3 is 5.97 Å². The molecule has 1 aromatic heterocycles. The second-order valence-electron chi connectivity index (χ2n) is 7.82. The van der Waals surface area contributed by atoms with Crippen LogP contribution in [-0.2, 0) is 9.53 Å². The number of nitrogens with one attached hydrogen (secondary N) is 1. The average molecular weight is 383 g/mol. The molecule has 1 heterocycles. The highest BCUT2D eigenvalue weighted by Crippen LogP contribution is 2.38. The maximum Gasteiger partial charge on any atom is 0.340 e. The summed E-state index contributed by atoms with van der Waals surface area (Å²) in [6.07, 6.45) is 2.41. The predicted molar refractivity (Wildman–Crippen MR) is 111 cm³/mol. The van der Waals surface area contributed by atoms with E-state index in [2.05, 4.69) is 23.7 Å². The molecule has 150 valence electrons.